The van der Waals surface area contributed by atoms with E-state index in [1.807, 2.05) is 18.2 Å². The van der Waals surface area contributed by atoms with Crippen LogP contribution in [-0.2, 0) is 6.42 Å². The number of hydrogen-bond acceptors (Lipinski definition) is 2. The van der Waals surface area contributed by atoms with Gasteiger partial charge in [0.25, 0.3) is 0 Å². The fourth-order valence-electron chi connectivity index (χ4n) is 1.44. The zero-order valence-electron chi connectivity index (χ0n) is 7.49. The van der Waals surface area contributed by atoms with Crippen LogP contribution in [0.4, 0.5) is 0 Å². The first-order valence-electron chi connectivity index (χ1n) is 4.36. The van der Waals surface area contributed by atoms with E-state index in [1.54, 1.807) is 13.1 Å². The molecule has 0 aliphatic carbocycles. The number of nitrogens with one attached hydrogen (secondary N) is 1. The minimum absolute atomic E-state index is 0.312. The van der Waals surface area contributed by atoms with E-state index in [1.165, 1.54) is 0 Å². The van der Waals surface area contributed by atoms with E-state index in [2.05, 4.69) is 9.97 Å². The number of pyridine rings is 1. The molecule has 2 aromatic heterocycles. The molecule has 1 unspecified atom stereocenters. The quantitative estimate of drug-likeness (QED) is 0.728. The monoisotopic (exact) mass is 176 g/mol. The van der Waals surface area contributed by atoms with Crippen molar-refractivity contribution in [3.05, 3.63) is 30.1 Å². The van der Waals surface area contributed by atoms with Gasteiger partial charge in [-0.15, -0.1) is 0 Å². The van der Waals surface area contributed by atoms with E-state index >= 15 is 0 Å². The zero-order valence-corrected chi connectivity index (χ0v) is 7.49. The van der Waals surface area contributed by atoms with Gasteiger partial charge in [-0.05, 0) is 25.1 Å². The predicted molar refractivity (Wildman–Crippen MR) is 51.5 cm³/mol. The van der Waals surface area contributed by atoms with Crippen LogP contribution in [0.15, 0.2) is 24.4 Å². The number of aliphatic hydroxyl groups excluding tert-OH is 1. The molecular formula is C10H12N2O. The minimum Gasteiger partial charge on any atom is -0.393 e. The molecule has 13 heavy (non-hydrogen) atoms. The van der Waals surface area contributed by atoms with E-state index in [9.17, 15) is 5.11 Å². The summed E-state index contributed by atoms with van der Waals surface area (Å²) in [6.45, 7) is 1.78. The van der Waals surface area contributed by atoms with Crippen LogP contribution in [0.25, 0.3) is 11.0 Å². The van der Waals surface area contributed by atoms with Gasteiger partial charge in [0.2, 0.25) is 0 Å². The average Bonchev–Trinajstić information content (AvgIpc) is 2.44. The van der Waals surface area contributed by atoms with Gasteiger partial charge in [0.05, 0.1) is 17.1 Å². The Hall–Kier alpha value is -1.35. The van der Waals surface area contributed by atoms with Crippen LogP contribution in [0.1, 0.15) is 12.6 Å². The van der Waals surface area contributed by atoms with E-state index in [0.29, 0.717) is 6.42 Å². The van der Waals surface area contributed by atoms with Gasteiger partial charge in [0.1, 0.15) is 0 Å². The summed E-state index contributed by atoms with van der Waals surface area (Å²) in [5.74, 6) is 0. The van der Waals surface area contributed by atoms with E-state index in [-0.39, 0.29) is 6.10 Å². The Bertz CT molecular complexity index is 373. The number of fused-ring (bicyclic) bond motifs is 1. The molecule has 0 saturated carbocycles. The maximum Gasteiger partial charge on any atom is 0.0881 e. The molecule has 0 spiro atoms. The molecule has 2 N–H and O–H groups in total. The molecular weight excluding hydrogens is 164 g/mol. The number of rotatable bonds is 2. The molecule has 0 saturated heterocycles. The Balaban J connectivity index is 2.38. The van der Waals surface area contributed by atoms with Gasteiger partial charge in [-0.1, -0.05) is 0 Å². The van der Waals surface area contributed by atoms with Crippen LogP contribution >= 0.6 is 0 Å². The van der Waals surface area contributed by atoms with E-state index in [4.69, 9.17) is 0 Å². The second kappa shape index (κ2) is 3.18. The van der Waals surface area contributed by atoms with Crippen molar-refractivity contribution in [1.29, 1.82) is 0 Å². The number of aromatic nitrogens is 2. The van der Waals surface area contributed by atoms with Gasteiger partial charge in [-0.2, -0.15) is 0 Å². The Kier molecular flexibility index (Phi) is 2.02. The summed E-state index contributed by atoms with van der Waals surface area (Å²) in [4.78, 5) is 7.40. The highest BCUT2D eigenvalue weighted by molar-refractivity contribution is 5.75. The van der Waals surface area contributed by atoms with Gasteiger partial charge in [-0.25, -0.2) is 0 Å². The zero-order chi connectivity index (χ0) is 9.26. The third-order valence-corrected chi connectivity index (χ3v) is 1.96. The van der Waals surface area contributed by atoms with Crippen LogP contribution in [0.2, 0.25) is 0 Å². The molecule has 0 radical (unpaired) electrons. The number of H-pyrrole nitrogens is 1. The van der Waals surface area contributed by atoms with Gasteiger partial charge in [0.15, 0.2) is 0 Å². The SMILES string of the molecule is CC(O)Cc1cc2ncccc2[nH]1. The molecule has 0 aliphatic rings. The molecule has 0 bridgehead atoms. The Morgan fingerprint density at radius 3 is 3.15 bits per heavy atom. The molecule has 1 atom stereocenters. The van der Waals surface area contributed by atoms with E-state index < -0.39 is 0 Å². The highest BCUT2D eigenvalue weighted by Crippen LogP contribution is 2.12. The second-order valence-corrected chi connectivity index (χ2v) is 3.28. The molecule has 68 valence electrons. The molecule has 0 aliphatic heterocycles. The molecule has 0 aromatic carbocycles. The standard InChI is InChI=1S/C10H12N2O/c1-7(13)5-8-6-10-9(12-8)3-2-4-11-10/h2-4,6-7,12-13H,5H2,1H3. The lowest BCUT2D eigenvalue weighted by molar-refractivity contribution is 0.194. The number of nitrogens with zero attached hydrogens (tertiary/aromatic N) is 1. The van der Waals surface area contributed by atoms with Crippen molar-refractivity contribution in [1.82, 2.24) is 9.97 Å². The highest BCUT2D eigenvalue weighted by Gasteiger charge is 2.03. The molecule has 0 amide bonds. The summed E-state index contributed by atoms with van der Waals surface area (Å²) < 4.78 is 0. The van der Waals surface area contributed by atoms with Gasteiger partial charge in [-0.3, -0.25) is 4.98 Å². The number of aliphatic hydroxyl groups is 1. The molecule has 3 nitrogen and oxygen atoms in total. The molecule has 3 heteroatoms. The summed E-state index contributed by atoms with van der Waals surface area (Å²) >= 11 is 0. The summed E-state index contributed by atoms with van der Waals surface area (Å²) in [5, 5.41) is 9.19. The van der Waals surface area contributed by atoms with Crippen molar-refractivity contribution < 1.29 is 5.11 Å². The summed E-state index contributed by atoms with van der Waals surface area (Å²) in [5.41, 5.74) is 3.01. The number of aromatic amines is 1. The second-order valence-electron chi connectivity index (χ2n) is 3.28. The fourth-order valence-corrected chi connectivity index (χ4v) is 1.44. The van der Waals surface area contributed by atoms with Gasteiger partial charge in [0, 0.05) is 18.3 Å². The lowest BCUT2D eigenvalue weighted by Crippen LogP contribution is -2.03. The van der Waals surface area contributed by atoms with Crippen molar-refractivity contribution >= 4 is 11.0 Å². The van der Waals surface area contributed by atoms with Gasteiger partial charge < -0.3 is 10.1 Å². The van der Waals surface area contributed by atoms with Crippen LogP contribution < -0.4 is 0 Å². The Morgan fingerprint density at radius 2 is 2.46 bits per heavy atom. The smallest absolute Gasteiger partial charge is 0.0881 e. The summed E-state index contributed by atoms with van der Waals surface area (Å²) in [6.07, 6.45) is 2.10. The predicted octanol–water partition coefficient (Wildman–Crippen LogP) is 1.49. The molecule has 0 fully saturated rings. The first kappa shape index (κ1) is 8.26. The molecule has 2 aromatic rings. The van der Waals surface area contributed by atoms with Crippen molar-refractivity contribution in [2.75, 3.05) is 0 Å². The third kappa shape index (κ3) is 1.70. The van der Waals surface area contributed by atoms with Crippen molar-refractivity contribution in [2.24, 2.45) is 0 Å². The first-order valence-corrected chi connectivity index (χ1v) is 4.36. The third-order valence-electron chi connectivity index (χ3n) is 1.96. The van der Waals surface area contributed by atoms with Crippen LogP contribution in [-0.4, -0.2) is 21.2 Å². The maximum atomic E-state index is 9.19. The van der Waals surface area contributed by atoms with E-state index in [0.717, 1.165) is 16.7 Å². The summed E-state index contributed by atoms with van der Waals surface area (Å²) in [6, 6.07) is 5.85. The molecule has 2 heterocycles. The Labute approximate surface area is 76.4 Å². The minimum atomic E-state index is -0.312. The van der Waals surface area contributed by atoms with Crippen LogP contribution in [0.3, 0.4) is 0 Å². The first-order chi connectivity index (χ1) is 6.25. The lowest BCUT2D eigenvalue weighted by atomic mass is 10.2. The topological polar surface area (TPSA) is 48.9 Å². The molecule has 2 rings (SSSR count). The average molecular weight is 176 g/mol. The fraction of sp³-hybridized carbons (Fsp3) is 0.300. The van der Waals surface area contributed by atoms with Crippen molar-refractivity contribution in [3.63, 3.8) is 0 Å². The van der Waals surface area contributed by atoms with Gasteiger partial charge >= 0.3 is 0 Å². The largest absolute Gasteiger partial charge is 0.393 e. The Morgan fingerprint density at radius 1 is 1.62 bits per heavy atom. The van der Waals surface area contributed by atoms with Crippen LogP contribution in [0.5, 0.6) is 0 Å². The van der Waals surface area contributed by atoms with Crippen molar-refractivity contribution in [3.8, 4) is 0 Å². The number of hydrogen-bond donors (Lipinski definition) is 2. The highest BCUT2D eigenvalue weighted by atomic mass is 16.3. The van der Waals surface area contributed by atoms with Crippen molar-refractivity contribution in [2.45, 2.75) is 19.4 Å². The summed E-state index contributed by atoms with van der Waals surface area (Å²) in [7, 11) is 0. The van der Waals surface area contributed by atoms with Crippen LogP contribution in [0, 0.1) is 0 Å². The maximum absolute atomic E-state index is 9.19. The normalized spacial score (nSPS) is 13.4. The lowest BCUT2D eigenvalue weighted by Gasteiger charge is -1.99.